The van der Waals surface area contributed by atoms with Crippen molar-refractivity contribution < 1.29 is 24.2 Å². The fourth-order valence-corrected chi connectivity index (χ4v) is 2.68. The molecule has 2 aromatic rings. The summed E-state index contributed by atoms with van der Waals surface area (Å²) in [6.07, 6.45) is 0.509. The lowest BCUT2D eigenvalue weighted by atomic mass is 10.1. The molecule has 2 N–H and O–H groups in total. The molecule has 0 heterocycles. The Bertz CT molecular complexity index is 807. The van der Waals surface area contributed by atoms with Crippen molar-refractivity contribution in [3.8, 4) is 11.5 Å². The molecule has 7 heteroatoms. The molecule has 1 amide bonds. The van der Waals surface area contributed by atoms with E-state index in [4.69, 9.17) is 26.2 Å². The van der Waals surface area contributed by atoms with Crippen LogP contribution in [0.4, 0.5) is 0 Å². The number of carboxylic acids is 1. The summed E-state index contributed by atoms with van der Waals surface area (Å²) < 4.78 is 10.7. The van der Waals surface area contributed by atoms with Gasteiger partial charge in [-0.3, -0.25) is 4.79 Å². The predicted octanol–water partition coefficient (Wildman–Crippen LogP) is 3.42. The van der Waals surface area contributed by atoms with Crippen molar-refractivity contribution in [3.05, 3.63) is 58.1 Å². The first kappa shape index (κ1) is 19.6. The van der Waals surface area contributed by atoms with E-state index in [1.165, 1.54) is 19.2 Å². The van der Waals surface area contributed by atoms with E-state index in [2.05, 4.69) is 5.32 Å². The highest BCUT2D eigenvalue weighted by molar-refractivity contribution is 6.32. The number of carboxylic acid groups (broad SMARTS) is 1. The van der Waals surface area contributed by atoms with E-state index < -0.39 is 5.97 Å². The van der Waals surface area contributed by atoms with Gasteiger partial charge in [-0.25, -0.2) is 4.79 Å². The molecule has 0 radical (unpaired) electrons. The second kappa shape index (κ2) is 9.10. The maximum atomic E-state index is 12.3. The highest BCUT2D eigenvalue weighted by atomic mass is 35.5. The minimum absolute atomic E-state index is 0.219. The summed E-state index contributed by atoms with van der Waals surface area (Å²) in [7, 11) is 1.48. The average molecular weight is 378 g/mol. The lowest BCUT2D eigenvalue weighted by Crippen LogP contribution is -2.25. The molecule has 0 saturated carbocycles. The quantitative estimate of drug-likeness (QED) is 0.736. The molecule has 0 aliphatic carbocycles. The summed E-state index contributed by atoms with van der Waals surface area (Å²) in [5, 5.41) is 12.1. The van der Waals surface area contributed by atoms with Crippen LogP contribution in [0.1, 0.15) is 33.2 Å². The first-order valence-corrected chi connectivity index (χ1v) is 8.44. The summed E-state index contributed by atoms with van der Waals surface area (Å²) >= 11 is 6.17. The number of methoxy groups -OCH3 is 1. The van der Waals surface area contributed by atoms with Gasteiger partial charge in [0.2, 0.25) is 0 Å². The Morgan fingerprint density at radius 1 is 1.19 bits per heavy atom. The average Bonchev–Trinajstić information content (AvgIpc) is 2.63. The molecule has 0 aromatic heterocycles. The van der Waals surface area contributed by atoms with E-state index in [0.717, 1.165) is 5.56 Å². The molecule has 0 saturated heterocycles. The van der Waals surface area contributed by atoms with Crippen molar-refractivity contribution in [1.82, 2.24) is 5.32 Å². The van der Waals surface area contributed by atoms with E-state index >= 15 is 0 Å². The Morgan fingerprint density at radius 3 is 2.62 bits per heavy atom. The summed E-state index contributed by atoms with van der Waals surface area (Å²) in [4.78, 5) is 23.3. The summed E-state index contributed by atoms with van der Waals surface area (Å²) in [5.41, 5.74) is 1.40. The summed E-state index contributed by atoms with van der Waals surface area (Å²) in [6, 6.07) is 9.70. The molecule has 0 bridgehead atoms. The van der Waals surface area contributed by atoms with Gasteiger partial charge in [0, 0.05) is 12.1 Å². The van der Waals surface area contributed by atoms with Crippen molar-refractivity contribution in [3.63, 3.8) is 0 Å². The van der Waals surface area contributed by atoms with Crippen molar-refractivity contribution in [2.45, 2.75) is 13.3 Å². The Balaban J connectivity index is 2.03. The Kier molecular flexibility index (Phi) is 6.86. The van der Waals surface area contributed by atoms with Crippen molar-refractivity contribution in [2.24, 2.45) is 0 Å². The van der Waals surface area contributed by atoms with Crippen LogP contribution in [-0.2, 0) is 6.42 Å². The lowest BCUT2D eigenvalue weighted by molar-refractivity contribution is 0.0696. The normalized spacial score (nSPS) is 10.3. The monoisotopic (exact) mass is 377 g/mol. The number of carbonyl (C=O) groups is 2. The van der Waals surface area contributed by atoms with Crippen LogP contribution in [0.3, 0.4) is 0 Å². The highest BCUT2D eigenvalue weighted by Crippen LogP contribution is 2.36. The number of rotatable bonds is 8. The van der Waals surface area contributed by atoms with Gasteiger partial charge >= 0.3 is 5.97 Å². The first-order valence-electron chi connectivity index (χ1n) is 8.07. The van der Waals surface area contributed by atoms with E-state index in [9.17, 15) is 9.59 Å². The minimum atomic E-state index is -0.980. The van der Waals surface area contributed by atoms with E-state index in [0.29, 0.717) is 41.7 Å². The number of aromatic carboxylic acids is 1. The van der Waals surface area contributed by atoms with Gasteiger partial charge < -0.3 is 19.9 Å². The first-order chi connectivity index (χ1) is 12.5. The zero-order valence-electron chi connectivity index (χ0n) is 14.5. The minimum Gasteiger partial charge on any atom is -0.493 e. The standard InChI is InChI=1S/C19H20ClNO5/c1-3-26-17-15(20)10-14(11-16(17)25-2)18(22)21-8-7-12-5-4-6-13(9-12)19(23)24/h4-6,9-11H,3,7-8H2,1-2H3,(H,21,22)(H,23,24). The second-order valence-corrected chi connectivity index (χ2v) is 5.84. The maximum absolute atomic E-state index is 12.3. The number of nitrogens with one attached hydrogen (secondary N) is 1. The van der Waals surface area contributed by atoms with E-state index in [-0.39, 0.29) is 11.5 Å². The molecule has 6 nitrogen and oxygen atoms in total. The van der Waals surface area contributed by atoms with Crippen LogP contribution in [0.5, 0.6) is 11.5 Å². The SMILES string of the molecule is CCOc1c(Cl)cc(C(=O)NCCc2cccc(C(=O)O)c2)cc1OC. The van der Waals surface area contributed by atoms with Gasteiger partial charge in [0.25, 0.3) is 5.91 Å². The van der Waals surface area contributed by atoms with Gasteiger partial charge in [-0.2, -0.15) is 0 Å². The third-order valence-corrected chi connectivity index (χ3v) is 3.93. The summed E-state index contributed by atoms with van der Waals surface area (Å²) in [5.74, 6) is -0.494. The van der Waals surface area contributed by atoms with Crippen LogP contribution in [-0.4, -0.2) is 37.2 Å². The Hall–Kier alpha value is -2.73. The molecule has 0 atom stereocenters. The van der Waals surface area contributed by atoms with Crippen LogP contribution in [0, 0.1) is 0 Å². The van der Waals surface area contributed by atoms with Crippen LogP contribution in [0.25, 0.3) is 0 Å². The summed E-state index contributed by atoms with van der Waals surface area (Å²) in [6.45, 7) is 2.61. The molecule has 0 fully saturated rings. The van der Waals surface area contributed by atoms with Crippen LogP contribution in [0.2, 0.25) is 5.02 Å². The number of amides is 1. The van der Waals surface area contributed by atoms with Crippen molar-refractivity contribution >= 4 is 23.5 Å². The topological polar surface area (TPSA) is 84.9 Å². The van der Waals surface area contributed by atoms with Gasteiger partial charge in [-0.15, -0.1) is 0 Å². The third-order valence-electron chi connectivity index (χ3n) is 3.65. The third kappa shape index (κ3) is 4.89. The highest BCUT2D eigenvalue weighted by Gasteiger charge is 2.15. The number of hydrogen-bond acceptors (Lipinski definition) is 4. The molecular formula is C19H20ClNO5. The zero-order chi connectivity index (χ0) is 19.1. The van der Waals surface area contributed by atoms with E-state index in [1.54, 1.807) is 18.2 Å². The zero-order valence-corrected chi connectivity index (χ0v) is 15.3. The van der Waals surface area contributed by atoms with Gasteiger partial charge in [0.05, 0.1) is 24.3 Å². The molecule has 26 heavy (non-hydrogen) atoms. The molecule has 0 spiro atoms. The van der Waals surface area contributed by atoms with Crippen LogP contribution >= 0.6 is 11.6 Å². The maximum Gasteiger partial charge on any atom is 0.335 e. The number of carbonyl (C=O) groups excluding carboxylic acids is 1. The number of hydrogen-bond donors (Lipinski definition) is 2. The molecule has 0 aliphatic rings. The molecule has 2 aromatic carbocycles. The van der Waals surface area contributed by atoms with Gasteiger partial charge in [-0.1, -0.05) is 23.7 Å². The van der Waals surface area contributed by atoms with Crippen LogP contribution < -0.4 is 14.8 Å². The number of benzene rings is 2. The fraction of sp³-hybridized carbons (Fsp3) is 0.263. The predicted molar refractivity (Wildman–Crippen MR) is 98.6 cm³/mol. The van der Waals surface area contributed by atoms with Crippen molar-refractivity contribution in [2.75, 3.05) is 20.3 Å². The van der Waals surface area contributed by atoms with Crippen LogP contribution in [0.15, 0.2) is 36.4 Å². The molecule has 2 rings (SSSR count). The fourth-order valence-electron chi connectivity index (χ4n) is 2.42. The van der Waals surface area contributed by atoms with Crippen molar-refractivity contribution in [1.29, 1.82) is 0 Å². The second-order valence-electron chi connectivity index (χ2n) is 5.43. The molecule has 0 aliphatic heterocycles. The van der Waals surface area contributed by atoms with Gasteiger partial charge in [0.1, 0.15) is 0 Å². The molecule has 138 valence electrons. The Labute approximate surface area is 156 Å². The molecule has 0 unspecified atom stereocenters. The Morgan fingerprint density at radius 2 is 1.96 bits per heavy atom. The van der Waals surface area contributed by atoms with Gasteiger partial charge in [0.15, 0.2) is 11.5 Å². The smallest absolute Gasteiger partial charge is 0.335 e. The van der Waals surface area contributed by atoms with Gasteiger partial charge in [-0.05, 0) is 43.2 Å². The molecular weight excluding hydrogens is 358 g/mol. The lowest BCUT2D eigenvalue weighted by Gasteiger charge is -2.13. The van der Waals surface area contributed by atoms with E-state index in [1.807, 2.05) is 13.0 Å². The number of ether oxygens (including phenoxy) is 2. The largest absolute Gasteiger partial charge is 0.493 e. The number of halogens is 1.